The first kappa shape index (κ1) is 15.0. The van der Waals surface area contributed by atoms with Crippen LogP contribution in [0.5, 0.6) is 0 Å². The van der Waals surface area contributed by atoms with Gasteiger partial charge in [-0.2, -0.15) is 0 Å². The van der Waals surface area contributed by atoms with E-state index in [-0.39, 0.29) is 24.3 Å². The lowest BCUT2D eigenvalue weighted by Crippen LogP contribution is -2.37. The van der Waals surface area contributed by atoms with Gasteiger partial charge in [0.2, 0.25) is 5.91 Å². The van der Waals surface area contributed by atoms with Gasteiger partial charge in [0, 0.05) is 25.7 Å². The number of carbonyl (C=O) groups excluding carboxylic acids is 1. The van der Waals surface area contributed by atoms with Gasteiger partial charge in [-0.1, -0.05) is 30.3 Å². The molecule has 2 atom stereocenters. The molecule has 4 nitrogen and oxygen atoms in total. The van der Waals surface area contributed by atoms with Gasteiger partial charge in [0.15, 0.2) is 0 Å². The Bertz CT molecular complexity index is 401. The Hall–Kier alpha value is -1.39. The predicted octanol–water partition coefficient (Wildman–Crippen LogP) is 1.70. The van der Waals surface area contributed by atoms with E-state index in [4.69, 9.17) is 4.74 Å². The van der Waals surface area contributed by atoms with E-state index in [1.54, 1.807) is 0 Å². The molecule has 1 fully saturated rings. The van der Waals surface area contributed by atoms with E-state index in [1.807, 2.05) is 30.3 Å². The molecule has 1 aliphatic heterocycles. The molecule has 1 amide bonds. The van der Waals surface area contributed by atoms with Crippen LogP contribution >= 0.6 is 0 Å². The first-order valence-corrected chi connectivity index (χ1v) is 7.32. The first-order valence-electron chi connectivity index (χ1n) is 7.32. The largest absolute Gasteiger partial charge is 0.396 e. The van der Waals surface area contributed by atoms with E-state index >= 15 is 0 Å². The highest BCUT2D eigenvalue weighted by atomic mass is 16.5. The average molecular weight is 277 g/mol. The second kappa shape index (κ2) is 8.02. The van der Waals surface area contributed by atoms with E-state index in [9.17, 15) is 9.90 Å². The molecule has 0 saturated carbocycles. The number of nitrogens with one attached hydrogen (secondary N) is 1. The molecule has 1 saturated heterocycles. The minimum absolute atomic E-state index is 0.0192. The average Bonchev–Trinajstić information content (AvgIpc) is 2.53. The number of carbonyl (C=O) groups is 1. The third kappa shape index (κ3) is 4.32. The summed E-state index contributed by atoms with van der Waals surface area (Å²) in [6.45, 7) is 1.99. The number of ether oxygens (including phenoxy) is 1. The Morgan fingerprint density at radius 2 is 2.20 bits per heavy atom. The standard InChI is InChI=1S/C16H23NO3/c18-9-8-14(13-5-2-1-3-6-13)11-17-16(19)15-7-4-10-20-12-15/h1-3,5-6,14-15,18H,4,7-12H2,(H,17,19). The molecule has 0 spiro atoms. The van der Waals surface area contributed by atoms with Gasteiger partial charge in [-0.05, 0) is 24.8 Å². The Kier molecular flexibility index (Phi) is 6.02. The van der Waals surface area contributed by atoms with Crippen LogP contribution in [-0.4, -0.2) is 37.4 Å². The predicted molar refractivity (Wildman–Crippen MR) is 77.4 cm³/mol. The maximum atomic E-state index is 12.1. The molecule has 110 valence electrons. The van der Waals surface area contributed by atoms with E-state index in [1.165, 1.54) is 0 Å². The third-order valence-corrected chi connectivity index (χ3v) is 3.80. The van der Waals surface area contributed by atoms with Crippen molar-refractivity contribution in [3.05, 3.63) is 35.9 Å². The third-order valence-electron chi connectivity index (χ3n) is 3.80. The smallest absolute Gasteiger partial charge is 0.225 e. The number of rotatable bonds is 6. The van der Waals surface area contributed by atoms with Gasteiger partial charge in [0.05, 0.1) is 12.5 Å². The maximum Gasteiger partial charge on any atom is 0.225 e. The summed E-state index contributed by atoms with van der Waals surface area (Å²) in [7, 11) is 0. The molecule has 4 heteroatoms. The summed E-state index contributed by atoms with van der Waals surface area (Å²) in [6, 6.07) is 10.0. The highest BCUT2D eigenvalue weighted by Gasteiger charge is 2.22. The Morgan fingerprint density at radius 3 is 2.85 bits per heavy atom. The lowest BCUT2D eigenvalue weighted by atomic mass is 9.95. The fourth-order valence-electron chi connectivity index (χ4n) is 2.58. The number of hydrogen-bond donors (Lipinski definition) is 2. The highest BCUT2D eigenvalue weighted by molar-refractivity contribution is 5.78. The second-order valence-corrected chi connectivity index (χ2v) is 5.28. The van der Waals surface area contributed by atoms with Crippen molar-refractivity contribution in [2.45, 2.75) is 25.2 Å². The molecule has 0 radical (unpaired) electrons. The van der Waals surface area contributed by atoms with Crippen molar-refractivity contribution in [2.75, 3.05) is 26.4 Å². The van der Waals surface area contributed by atoms with Gasteiger partial charge in [-0.3, -0.25) is 4.79 Å². The molecule has 0 bridgehead atoms. The number of hydrogen-bond acceptors (Lipinski definition) is 3. The van der Waals surface area contributed by atoms with Gasteiger partial charge < -0.3 is 15.2 Å². The molecule has 0 aliphatic carbocycles. The molecule has 1 aromatic carbocycles. The van der Waals surface area contributed by atoms with Crippen LogP contribution in [0.4, 0.5) is 0 Å². The van der Waals surface area contributed by atoms with E-state index < -0.39 is 0 Å². The van der Waals surface area contributed by atoms with Crippen molar-refractivity contribution < 1.29 is 14.6 Å². The SMILES string of the molecule is O=C(NCC(CCO)c1ccccc1)C1CCCOC1. The van der Waals surface area contributed by atoms with Gasteiger partial charge in [-0.15, -0.1) is 0 Å². The van der Waals surface area contributed by atoms with Gasteiger partial charge in [0.1, 0.15) is 0 Å². The lowest BCUT2D eigenvalue weighted by Gasteiger charge is -2.23. The molecule has 2 unspecified atom stereocenters. The summed E-state index contributed by atoms with van der Waals surface area (Å²) in [5.41, 5.74) is 1.15. The first-order chi connectivity index (χ1) is 9.81. The molecule has 0 aromatic heterocycles. The van der Waals surface area contributed by atoms with Crippen molar-refractivity contribution >= 4 is 5.91 Å². The summed E-state index contributed by atoms with van der Waals surface area (Å²) < 4.78 is 5.34. The maximum absolute atomic E-state index is 12.1. The van der Waals surface area contributed by atoms with Crippen LogP contribution in [0.3, 0.4) is 0 Å². The number of aliphatic hydroxyl groups excluding tert-OH is 1. The van der Waals surface area contributed by atoms with E-state index in [2.05, 4.69) is 5.32 Å². The topological polar surface area (TPSA) is 58.6 Å². The summed E-state index contributed by atoms with van der Waals surface area (Å²) in [5, 5.41) is 12.2. The molecular weight excluding hydrogens is 254 g/mol. The van der Waals surface area contributed by atoms with Crippen LogP contribution in [0, 0.1) is 5.92 Å². The molecule has 2 rings (SSSR count). The van der Waals surface area contributed by atoms with Crippen molar-refractivity contribution in [2.24, 2.45) is 5.92 Å². The van der Waals surface area contributed by atoms with E-state index in [0.717, 1.165) is 25.0 Å². The summed E-state index contributed by atoms with van der Waals surface area (Å²) in [5.74, 6) is 0.215. The second-order valence-electron chi connectivity index (χ2n) is 5.28. The number of aliphatic hydroxyl groups is 1. The minimum Gasteiger partial charge on any atom is -0.396 e. The fraction of sp³-hybridized carbons (Fsp3) is 0.562. The molecular formula is C16H23NO3. The molecule has 1 aliphatic rings. The van der Waals surface area contributed by atoms with Gasteiger partial charge >= 0.3 is 0 Å². The van der Waals surface area contributed by atoms with E-state index in [0.29, 0.717) is 19.6 Å². The Morgan fingerprint density at radius 1 is 1.40 bits per heavy atom. The van der Waals surface area contributed by atoms with Crippen LogP contribution < -0.4 is 5.32 Å². The van der Waals surface area contributed by atoms with Crippen LogP contribution in [0.2, 0.25) is 0 Å². The monoisotopic (exact) mass is 277 g/mol. The molecule has 2 N–H and O–H groups in total. The number of benzene rings is 1. The molecule has 1 heterocycles. The quantitative estimate of drug-likeness (QED) is 0.832. The van der Waals surface area contributed by atoms with Crippen molar-refractivity contribution in [3.8, 4) is 0 Å². The summed E-state index contributed by atoms with van der Waals surface area (Å²) in [6.07, 6.45) is 2.52. The highest BCUT2D eigenvalue weighted by Crippen LogP contribution is 2.19. The van der Waals surface area contributed by atoms with Crippen molar-refractivity contribution in [3.63, 3.8) is 0 Å². The summed E-state index contributed by atoms with van der Waals surface area (Å²) >= 11 is 0. The van der Waals surface area contributed by atoms with Crippen LogP contribution in [0.1, 0.15) is 30.7 Å². The Labute approximate surface area is 120 Å². The lowest BCUT2D eigenvalue weighted by molar-refractivity contribution is -0.129. The number of amides is 1. The zero-order chi connectivity index (χ0) is 14.2. The van der Waals surface area contributed by atoms with Crippen LogP contribution in [-0.2, 0) is 9.53 Å². The van der Waals surface area contributed by atoms with Gasteiger partial charge in [0.25, 0.3) is 0 Å². The van der Waals surface area contributed by atoms with Crippen molar-refractivity contribution in [1.82, 2.24) is 5.32 Å². The minimum atomic E-state index is -0.0192. The zero-order valence-corrected chi connectivity index (χ0v) is 11.8. The fourth-order valence-corrected chi connectivity index (χ4v) is 2.58. The van der Waals surface area contributed by atoms with Gasteiger partial charge in [-0.25, -0.2) is 0 Å². The molecule has 1 aromatic rings. The van der Waals surface area contributed by atoms with Crippen LogP contribution in [0.15, 0.2) is 30.3 Å². The van der Waals surface area contributed by atoms with Crippen molar-refractivity contribution in [1.29, 1.82) is 0 Å². The van der Waals surface area contributed by atoms with Crippen LogP contribution in [0.25, 0.3) is 0 Å². The normalized spacial score (nSPS) is 20.4. The summed E-state index contributed by atoms with van der Waals surface area (Å²) in [4.78, 5) is 12.1. The molecule has 20 heavy (non-hydrogen) atoms. The zero-order valence-electron chi connectivity index (χ0n) is 11.8. The Balaban J connectivity index is 1.87.